The number of oxazole rings is 1. The molecule has 1 unspecified atom stereocenters. The molecule has 3 aliphatic rings. The molecule has 7 rings (SSSR count). The number of benzene rings is 2. The average molecular weight is 1030 g/mol. The first kappa shape index (κ1) is 46.4. The maximum atomic E-state index is 14.6. The minimum absolute atomic E-state index is 0.00282. The molecule has 2 fully saturated rings. The number of aromatic nitrogens is 2. The van der Waals surface area contributed by atoms with Crippen molar-refractivity contribution < 1.29 is 56.5 Å². The predicted molar refractivity (Wildman–Crippen MR) is 236 cm³/mol. The number of thiocarbonyl (C=S) groups is 1. The number of carbonyl (C=O) groups excluding carboxylic acids is 1. The van der Waals surface area contributed by atoms with E-state index in [1.54, 1.807) is 42.2 Å². The van der Waals surface area contributed by atoms with Crippen molar-refractivity contribution in [2.45, 2.75) is 42.3 Å². The van der Waals surface area contributed by atoms with Crippen molar-refractivity contribution in [2.75, 3.05) is 34.5 Å². The fraction of sp³-hybridized carbons (Fsp3) is 0.294. The van der Waals surface area contributed by atoms with Crippen LogP contribution in [0.2, 0.25) is 5.02 Å². The van der Waals surface area contributed by atoms with E-state index in [0.29, 0.717) is 38.0 Å². The van der Waals surface area contributed by atoms with E-state index < -0.39 is 105 Å². The zero-order valence-corrected chi connectivity index (χ0v) is 38.8. The van der Waals surface area contributed by atoms with E-state index in [1.165, 1.54) is 30.0 Å². The van der Waals surface area contributed by atoms with E-state index in [1.807, 2.05) is 0 Å². The van der Waals surface area contributed by atoms with Crippen LogP contribution in [0.5, 0.6) is 0 Å². The Kier molecular flexibility index (Phi) is 12.8. The van der Waals surface area contributed by atoms with Crippen molar-refractivity contribution in [1.82, 2.24) is 14.0 Å². The lowest BCUT2D eigenvalue weighted by atomic mass is 10.2. The van der Waals surface area contributed by atoms with Crippen LogP contribution in [-0.4, -0.2) is 101 Å². The van der Waals surface area contributed by atoms with Gasteiger partial charge in [0.25, 0.3) is 47.4 Å². The van der Waals surface area contributed by atoms with Crippen molar-refractivity contribution in [3.8, 4) is 0 Å². The number of rotatable bonds is 11. The minimum Gasteiger partial charge on any atom is -0.430 e. The molecule has 0 aliphatic carbocycles. The number of amides is 1. The smallest absolute Gasteiger partial charge is 0.299 e. The van der Waals surface area contributed by atoms with Crippen LogP contribution in [0.15, 0.2) is 77.4 Å². The van der Waals surface area contributed by atoms with Crippen LogP contribution in [0.1, 0.15) is 24.9 Å². The third-order valence-electron chi connectivity index (χ3n) is 9.64. The topological polar surface area (TPSA) is 278 Å². The lowest BCUT2D eigenvalue weighted by molar-refractivity contribution is -0.120. The number of hydrogen-bond acceptors (Lipinski definition) is 17. The zero-order chi connectivity index (χ0) is 45.3. The zero-order valence-electron chi connectivity index (χ0n) is 31.5. The number of carbonyl (C=O) groups is 1. The summed E-state index contributed by atoms with van der Waals surface area (Å²) in [5.74, 6) is -3.69. The van der Waals surface area contributed by atoms with Crippen molar-refractivity contribution in [1.29, 1.82) is 0 Å². The first-order chi connectivity index (χ1) is 28.8. The highest BCUT2D eigenvalue weighted by atomic mass is 35.5. The normalized spacial score (nSPS) is 20.7. The molecule has 2 aromatic heterocycles. The van der Waals surface area contributed by atoms with Crippen molar-refractivity contribution >= 4 is 125 Å². The molecule has 332 valence electrons. The van der Waals surface area contributed by atoms with Gasteiger partial charge in [-0.2, -0.15) is 25.3 Å². The van der Waals surface area contributed by atoms with Gasteiger partial charge in [-0.1, -0.05) is 53.8 Å². The average Bonchev–Trinajstić information content (AvgIpc) is 3.94. The van der Waals surface area contributed by atoms with Crippen LogP contribution >= 0.6 is 58.7 Å². The summed E-state index contributed by atoms with van der Waals surface area (Å²) in [5, 5.41) is 0.838. The molecular formula is C34H31ClN4O15S8. The van der Waals surface area contributed by atoms with Crippen molar-refractivity contribution in [3.63, 3.8) is 0 Å². The van der Waals surface area contributed by atoms with Gasteiger partial charge in [-0.3, -0.25) is 42.1 Å². The van der Waals surface area contributed by atoms with E-state index in [0.717, 1.165) is 25.4 Å². The Morgan fingerprint density at radius 2 is 1.63 bits per heavy atom. The molecule has 0 saturated carbocycles. The lowest BCUT2D eigenvalue weighted by Gasteiger charge is -2.22. The highest BCUT2D eigenvalue weighted by molar-refractivity contribution is 8.30. The molecule has 0 spiro atoms. The summed E-state index contributed by atoms with van der Waals surface area (Å²) in [7, 11) is -17.6. The number of halogens is 1. The Labute approximate surface area is 374 Å². The van der Waals surface area contributed by atoms with Gasteiger partial charge in [-0.15, -0.1) is 11.3 Å². The van der Waals surface area contributed by atoms with Crippen molar-refractivity contribution in [3.05, 3.63) is 105 Å². The van der Waals surface area contributed by atoms with Gasteiger partial charge in [0, 0.05) is 23.0 Å². The Hall–Kier alpha value is -3.61. The van der Waals surface area contributed by atoms with Gasteiger partial charge in [-0.25, -0.2) is 8.42 Å². The monoisotopic (exact) mass is 1030 g/mol. The number of thiazole rings is 1. The highest BCUT2D eigenvalue weighted by Gasteiger charge is 2.37. The molecule has 0 bridgehead atoms. The van der Waals surface area contributed by atoms with E-state index in [-0.39, 0.29) is 47.6 Å². The number of fused-ring (bicyclic) bond motifs is 1. The number of anilines is 1. The molecule has 62 heavy (non-hydrogen) atoms. The Bertz CT molecular complexity index is 3450. The Morgan fingerprint density at radius 3 is 2.27 bits per heavy atom. The second-order valence-electron chi connectivity index (χ2n) is 13.9. The molecule has 3 aliphatic heterocycles. The SMILES string of the molecule is CC(C=C1Sc2ccc(Cl)cc2N1Cc1ccccc1S(=O)(=O)O)=c1s/c(=c2/o/c(=C3/SC(=S)N(CCS(=O)(=O)O)C3=O)n(CCS(=O)(=O)O)c2=O)n(C2CCS(=O)(=O)C2)c1=O. The largest absolute Gasteiger partial charge is 0.430 e. The molecule has 1 atom stereocenters. The van der Waals surface area contributed by atoms with Gasteiger partial charge in [0.2, 0.25) is 11.0 Å². The van der Waals surface area contributed by atoms with E-state index in [4.69, 9.17) is 28.2 Å². The second-order valence-corrected chi connectivity index (χ2v) is 24.8. The quantitative estimate of drug-likeness (QED) is 0.143. The summed E-state index contributed by atoms with van der Waals surface area (Å²) in [6.45, 7) is 0.122. The standard InChI is InChI=1S/C34H31ClN4O15S8/c1-18(14-25-38(22-15-20(35)6-7-23(22)56-25)16-19-4-2-3-5-24(19)62(51,52)53)27-31(42)39(21-8-11-59(43,44)17-21)33(57-27)26-29(40)36(9-12-60(45,46)47)32(54-26)28-30(41)37(34(55)58-28)10-13-61(48,49)50/h2-7,14-15,21H,8-13,16-17H2,1H3,(H,45,46,47)(H,48,49,50)(H,51,52,53)/b25-14?,27-18?,32-28+,33-26+. The molecule has 2 saturated heterocycles. The van der Waals surface area contributed by atoms with Crippen LogP contribution in [0.25, 0.3) is 10.5 Å². The molecular weight excluding hydrogens is 996 g/mol. The summed E-state index contributed by atoms with van der Waals surface area (Å²) in [6, 6.07) is 9.85. The van der Waals surface area contributed by atoms with Crippen molar-refractivity contribution in [2.24, 2.45) is 0 Å². The number of hydrogen-bond donors (Lipinski definition) is 3. The van der Waals surface area contributed by atoms with Crippen LogP contribution in [0.3, 0.4) is 0 Å². The minimum atomic E-state index is -4.73. The molecule has 5 heterocycles. The molecule has 1 amide bonds. The molecule has 19 nitrogen and oxygen atoms in total. The fourth-order valence-corrected chi connectivity index (χ4v) is 13.8. The van der Waals surface area contributed by atoms with E-state index in [9.17, 15) is 61.7 Å². The Morgan fingerprint density at radius 1 is 0.952 bits per heavy atom. The third kappa shape index (κ3) is 9.72. The fourth-order valence-electron chi connectivity index (χ4n) is 6.81. The molecule has 2 aromatic carbocycles. The lowest BCUT2D eigenvalue weighted by Crippen LogP contribution is -2.35. The van der Waals surface area contributed by atoms with E-state index >= 15 is 0 Å². The van der Waals surface area contributed by atoms with Crippen LogP contribution < -0.4 is 26.1 Å². The maximum Gasteiger partial charge on any atom is 0.299 e. The van der Waals surface area contributed by atoms with Gasteiger partial charge in [0.1, 0.15) is 13.9 Å². The Balaban J connectivity index is 1.49. The van der Waals surface area contributed by atoms with Crippen LogP contribution in [0, 0.1) is 10.1 Å². The summed E-state index contributed by atoms with van der Waals surface area (Å²) < 4.78 is 133. The number of nitrogens with zero attached hydrogens (tertiary/aromatic N) is 4. The molecule has 4 aromatic rings. The maximum absolute atomic E-state index is 14.6. The first-order valence-electron chi connectivity index (χ1n) is 17.7. The van der Waals surface area contributed by atoms with Crippen LogP contribution in [-0.2, 0) is 58.1 Å². The predicted octanol–water partition coefficient (Wildman–Crippen LogP) is 1.78. The van der Waals surface area contributed by atoms with E-state index in [2.05, 4.69) is 0 Å². The van der Waals surface area contributed by atoms with Gasteiger partial charge in [0.15, 0.2) is 9.84 Å². The molecule has 28 heteroatoms. The summed E-state index contributed by atoms with van der Waals surface area (Å²) in [6.07, 6.45) is 1.58. The highest BCUT2D eigenvalue weighted by Crippen LogP contribution is 2.48. The van der Waals surface area contributed by atoms with Gasteiger partial charge >= 0.3 is 0 Å². The van der Waals surface area contributed by atoms with Gasteiger partial charge < -0.3 is 9.32 Å². The first-order valence-corrected chi connectivity index (χ1v) is 27.4. The summed E-state index contributed by atoms with van der Waals surface area (Å²) >= 11 is 14.2. The van der Waals surface area contributed by atoms with Crippen LogP contribution in [0.4, 0.5) is 5.69 Å². The van der Waals surface area contributed by atoms with Gasteiger partial charge in [-0.05, 0) is 66.6 Å². The summed E-state index contributed by atoms with van der Waals surface area (Å²) in [4.78, 5) is 45.0. The molecule has 3 N–H and O–H groups in total. The number of sulfone groups is 1. The summed E-state index contributed by atoms with van der Waals surface area (Å²) in [5.41, 5.74) is -1.86. The molecule has 0 radical (unpaired) electrons. The second kappa shape index (κ2) is 17.1. The number of thioether (sulfide) groups is 2. The van der Waals surface area contributed by atoms with Gasteiger partial charge in [0.05, 0.1) is 55.7 Å². The third-order valence-corrected chi connectivity index (χ3v) is 17.8. The number of allylic oxidation sites excluding steroid dienone is 1.